The van der Waals surface area contributed by atoms with Gasteiger partial charge in [-0.3, -0.25) is 9.80 Å². The highest BCUT2D eigenvalue weighted by Gasteiger charge is 2.20. The average Bonchev–Trinajstić information content (AvgIpc) is 2.42. The van der Waals surface area contributed by atoms with Crippen LogP contribution in [0.5, 0.6) is 0 Å². The quantitative estimate of drug-likeness (QED) is 0.754. The number of piperidine rings is 1. The molecule has 1 unspecified atom stereocenters. The van der Waals surface area contributed by atoms with Crippen molar-refractivity contribution >= 4 is 0 Å². The first-order valence-corrected chi connectivity index (χ1v) is 7.15. The third kappa shape index (κ3) is 4.21. The predicted octanol–water partition coefficient (Wildman–Crippen LogP) is 0.393. The van der Waals surface area contributed by atoms with Gasteiger partial charge >= 0.3 is 0 Å². The molecule has 1 N–H and O–H groups in total. The molecule has 4 heteroatoms. The molecule has 0 spiro atoms. The molecular formula is C13H27N3O. The summed E-state index contributed by atoms with van der Waals surface area (Å²) in [5.74, 6) is 0. The zero-order chi connectivity index (χ0) is 11.9. The molecule has 0 aromatic heterocycles. The summed E-state index contributed by atoms with van der Waals surface area (Å²) < 4.78 is 5.38. The van der Waals surface area contributed by atoms with Gasteiger partial charge in [0.2, 0.25) is 0 Å². The number of rotatable bonds is 5. The Labute approximate surface area is 105 Å². The van der Waals surface area contributed by atoms with Gasteiger partial charge < -0.3 is 10.1 Å². The average molecular weight is 241 g/mol. The van der Waals surface area contributed by atoms with E-state index in [4.69, 9.17) is 4.74 Å². The van der Waals surface area contributed by atoms with E-state index in [0.29, 0.717) is 0 Å². The van der Waals surface area contributed by atoms with Crippen LogP contribution >= 0.6 is 0 Å². The molecule has 0 radical (unpaired) electrons. The number of likely N-dealkylation sites (N-methyl/N-ethyl adjacent to an activating group) is 1. The summed E-state index contributed by atoms with van der Waals surface area (Å²) >= 11 is 0. The van der Waals surface area contributed by atoms with Gasteiger partial charge in [0.15, 0.2) is 0 Å². The summed E-state index contributed by atoms with van der Waals surface area (Å²) in [6, 6.07) is 0.759. The Hall–Kier alpha value is -0.160. The molecule has 0 saturated carbocycles. The van der Waals surface area contributed by atoms with Crippen LogP contribution < -0.4 is 5.32 Å². The Morgan fingerprint density at radius 1 is 1.35 bits per heavy atom. The van der Waals surface area contributed by atoms with Gasteiger partial charge in [-0.05, 0) is 25.9 Å². The maximum Gasteiger partial charge on any atom is 0.0594 e. The summed E-state index contributed by atoms with van der Waals surface area (Å²) in [6.07, 6.45) is 2.70. The molecular weight excluding hydrogens is 214 g/mol. The molecule has 100 valence electrons. The largest absolute Gasteiger partial charge is 0.379 e. The molecule has 2 aliphatic rings. The van der Waals surface area contributed by atoms with E-state index in [1.54, 1.807) is 0 Å². The lowest BCUT2D eigenvalue weighted by Gasteiger charge is -2.36. The molecule has 2 heterocycles. The number of nitrogens with one attached hydrogen (secondary N) is 1. The first-order valence-electron chi connectivity index (χ1n) is 7.15. The van der Waals surface area contributed by atoms with Crippen LogP contribution in [0.15, 0.2) is 0 Å². The number of ether oxygens (including phenoxy) is 1. The van der Waals surface area contributed by atoms with E-state index < -0.39 is 0 Å². The fourth-order valence-corrected chi connectivity index (χ4v) is 2.84. The number of nitrogens with zero attached hydrogens (tertiary/aromatic N) is 2. The van der Waals surface area contributed by atoms with Crippen molar-refractivity contribution in [2.45, 2.75) is 25.8 Å². The van der Waals surface area contributed by atoms with Crippen molar-refractivity contribution in [3.05, 3.63) is 0 Å². The lowest BCUT2D eigenvalue weighted by atomic mass is 10.1. The highest BCUT2D eigenvalue weighted by Crippen LogP contribution is 2.10. The summed E-state index contributed by atoms with van der Waals surface area (Å²) in [7, 11) is 0. The van der Waals surface area contributed by atoms with Crippen LogP contribution in [0, 0.1) is 0 Å². The van der Waals surface area contributed by atoms with Crippen LogP contribution in [-0.4, -0.2) is 74.9 Å². The Bertz CT molecular complexity index is 201. The molecule has 2 fully saturated rings. The van der Waals surface area contributed by atoms with Gasteiger partial charge in [0.05, 0.1) is 13.2 Å². The normalized spacial score (nSPS) is 27.5. The second-order valence-electron chi connectivity index (χ2n) is 5.08. The van der Waals surface area contributed by atoms with Crippen LogP contribution in [0.4, 0.5) is 0 Å². The van der Waals surface area contributed by atoms with Crippen molar-refractivity contribution in [1.29, 1.82) is 0 Å². The van der Waals surface area contributed by atoms with E-state index in [1.807, 2.05) is 0 Å². The van der Waals surface area contributed by atoms with E-state index in [2.05, 4.69) is 22.0 Å². The van der Waals surface area contributed by atoms with E-state index in [-0.39, 0.29) is 0 Å². The zero-order valence-corrected chi connectivity index (χ0v) is 11.2. The Kier molecular flexibility index (Phi) is 5.71. The summed E-state index contributed by atoms with van der Waals surface area (Å²) in [5.41, 5.74) is 0. The zero-order valence-electron chi connectivity index (χ0n) is 11.2. The SMILES string of the molecule is CCN(CCN1CCOCC1)C1CCCNC1. The van der Waals surface area contributed by atoms with Crippen molar-refractivity contribution in [2.24, 2.45) is 0 Å². The minimum atomic E-state index is 0.759. The second kappa shape index (κ2) is 7.31. The van der Waals surface area contributed by atoms with Gasteiger partial charge in [0.1, 0.15) is 0 Å². The van der Waals surface area contributed by atoms with Crippen LogP contribution in [0.1, 0.15) is 19.8 Å². The van der Waals surface area contributed by atoms with Crippen LogP contribution in [-0.2, 0) is 4.74 Å². The van der Waals surface area contributed by atoms with Gasteiger partial charge in [-0.15, -0.1) is 0 Å². The van der Waals surface area contributed by atoms with Crippen LogP contribution in [0.2, 0.25) is 0 Å². The van der Waals surface area contributed by atoms with Crippen LogP contribution in [0.3, 0.4) is 0 Å². The molecule has 2 aliphatic heterocycles. The summed E-state index contributed by atoms with van der Waals surface area (Å²) in [4.78, 5) is 5.17. The monoisotopic (exact) mass is 241 g/mol. The molecule has 4 nitrogen and oxygen atoms in total. The Morgan fingerprint density at radius 2 is 2.18 bits per heavy atom. The number of hydrogen-bond acceptors (Lipinski definition) is 4. The highest BCUT2D eigenvalue weighted by molar-refractivity contribution is 4.78. The molecule has 0 aromatic carbocycles. The van der Waals surface area contributed by atoms with E-state index >= 15 is 0 Å². The van der Waals surface area contributed by atoms with Crippen molar-refractivity contribution in [3.63, 3.8) is 0 Å². The van der Waals surface area contributed by atoms with Gasteiger partial charge in [-0.2, -0.15) is 0 Å². The van der Waals surface area contributed by atoms with Crippen molar-refractivity contribution < 1.29 is 4.74 Å². The molecule has 0 bridgehead atoms. The standard InChI is InChI=1S/C13H27N3O/c1-2-16(13-4-3-5-14-12-13)7-6-15-8-10-17-11-9-15/h13-14H,2-12H2,1H3. The fraction of sp³-hybridized carbons (Fsp3) is 1.00. The van der Waals surface area contributed by atoms with E-state index in [9.17, 15) is 0 Å². The minimum Gasteiger partial charge on any atom is -0.379 e. The maximum absolute atomic E-state index is 5.38. The third-order valence-electron chi connectivity index (χ3n) is 4.00. The lowest BCUT2D eigenvalue weighted by molar-refractivity contribution is 0.0303. The van der Waals surface area contributed by atoms with Gasteiger partial charge in [0, 0.05) is 38.8 Å². The van der Waals surface area contributed by atoms with Crippen molar-refractivity contribution in [1.82, 2.24) is 15.1 Å². The molecule has 0 aliphatic carbocycles. The van der Waals surface area contributed by atoms with Crippen LogP contribution in [0.25, 0.3) is 0 Å². The Morgan fingerprint density at radius 3 is 2.82 bits per heavy atom. The number of hydrogen-bond donors (Lipinski definition) is 1. The molecule has 0 amide bonds. The van der Waals surface area contributed by atoms with E-state index in [1.165, 1.54) is 45.6 Å². The van der Waals surface area contributed by atoms with E-state index in [0.717, 1.165) is 32.3 Å². The minimum absolute atomic E-state index is 0.759. The van der Waals surface area contributed by atoms with Gasteiger partial charge in [-0.1, -0.05) is 6.92 Å². The lowest BCUT2D eigenvalue weighted by Crippen LogP contribution is -2.49. The molecule has 2 rings (SSSR count). The van der Waals surface area contributed by atoms with Crippen molar-refractivity contribution in [2.75, 3.05) is 59.0 Å². The number of morpholine rings is 1. The predicted molar refractivity (Wildman–Crippen MR) is 70.4 cm³/mol. The smallest absolute Gasteiger partial charge is 0.0594 e. The maximum atomic E-state index is 5.38. The molecule has 17 heavy (non-hydrogen) atoms. The first-order chi connectivity index (χ1) is 8.40. The molecule has 2 saturated heterocycles. The topological polar surface area (TPSA) is 27.7 Å². The summed E-state index contributed by atoms with van der Waals surface area (Å²) in [6.45, 7) is 12.3. The highest BCUT2D eigenvalue weighted by atomic mass is 16.5. The van der Waals surface area contributed by atoms with Crippen molar-refractivity contribution in [3.8, 4) is 0 Å². The molecule has 0 aromatic rings. The second-order valence-corrected chi connectivity index (χ2v) is 5.08. The first kappa shape index (κ1) is 13.3. The van der Waals surface area contributed by atoms with Gasteiger partial charge in [-0.25, -0.2) is 0 Å². The summed E-state index contributed by atoms with van der Waals surface area (Å²) in [5, 5.41) is 3.51. The molecule has 1 atom stereocenters. The van der Waals surface area contributed by atoms with Gasteiger partial charge in [0.25, 0.3) is 0 Å². The Balaban J connectivity index is 1.70. The third-order valence-corrected chi connectivity index (χ3v) is 4.00. The fourth-order valence-electron chi connectivity index (χ4n) is 2.84.